The molecule has 1 fully saturated rings. The molecule has 7 heteroatoms. The van der Waals surface area contributed by atoms with E-state index in [-0.39, 0.29) is 23.7 Å². The zero-order valence-corrected chi connectivity index (χ0v) is 23.6. The van der Waals surface area contributed by atoms with Crippen molar-refractivity contribution in [2.75, 3.05) is 11.9 Å². The van der Waals surface area contributed by atoms with Gasteiger partial charge in [-0.15, -0.1) is 0 Å². The first-order valence-corrected chi connectivity index (χ1v) is 14.4. The number of imide groups is 1. The quantitative estimate of drug-likeness (QED) is 0.306. The summed E-state index contributed by atoms with van der Waals surface area (Å²) in [5, 5.41) is 2.77. The molecule has 41 heavy (non-hydrogen) atoms. The van der Waals surface area contributed by atoms with E-state index in [1.807, 2.05) is 63.2 Å². The molecule has 3 aromatic carbocycles. The SMILES string of the molecule is CCCC[C@@H](C(=O)OCC(=O)Nc1cc(C)cc(C)c1)N1C(=O)[C@@H]2C3c4ccccc4C(c4ccccc43)[C@@H]2C1=O. The number of hydrogen-bond donors (Lipinski definition) is 1. The minimum Gasteiger partial charge on any atom is -0.454 e. The summed E-state index contributed by atoms with van der Waals surface area (Å²) in [4.78, 5) is 55.5. The Labute approximate surface area is 239 Å². The summed E-state index contributed by atoms with van der Waals surface area (Å²) in [6.45, 7) is 5.36. The van der Waals surface area contributed by atoms with Gasteiger partial charge < -0.3 is 10.1 Å². The largest absolute Gasteiger partial charge is 0.454 e. The van der Waals surface area contributed by atoms with Crippen molar-refractivity contribution in [1.82, 2.24) is 4.90 Å². The first-order chi connectivity index (χ1) is 19.8. The normalized spacial score (nSPS) is 22.6. The van der Waals surface area contributed by atoms with Crippen LogP contribution in [0.1, 0.15) is 71.4 Å². The highest BCUT2D eigenvalue weighted by Crippen LogP contribution is 2.61. The van der Waals surface area contributed by atoms with E-state index >= 15 is 0 Å². The van der Waals surface area contributed by atoms with Crippen molar-refractivity contribution in [2.24, 2.45) is 11.8 Å². The molecule has 3 aliphatic carbocycles. The van der Waals surface area contributed by atoms with E-state index in [1.165, 1.54) is 4.90 Å². The highest BCUT2D eigenvalue weighted by molar-refractivity contribution is 6.10. The fourth-order valence-corrected chi connectivity index (χ4v) is 7.23. The number of carbonyl (C=O) groups is 4. The number of nitrogens with zero attached hydrogens (tertiary/aromatic N) is 1. The monoisotopic (exact) mass is 550 g/mol. The first-order valence-electron chi connectivity index (χ1n) is 14.4. The second kappa shape index (κ2) is 10.6. The van der Waals surface area contributed by atoms with Gasteiger partial charge in [0.15, 0.2) is 6.61 Å². The Balaban J connectivity index is 1.26. The molecule has 1 aliphatic heterocycles. The van der Waals surface area contributed by atoms with Gasteiger partial charge in [0, 0.05) is 17.5 Å². The molecule has 0 radical (unpaired) electrons. The van der Waals surface area contributed by atoms with Gasteiger partial charge in [0.05, 0.1) is 11.8 Å². The van der Waals surface area contributed by atoms with Crippen molar-refractivity contribution in [1.29, 1.82) is 0 Å². The number of ether oxygens (including phenoxy) is 1. The van der Waals surface area contributed by atoms with Gasteiger partial charge >= 0.3 is 5.97 Å². The minimum atomic E-state index is -1.07. The van der Waals surface area contributed by atoms with Crippen molar-refractivity contribution in [3.05, 3.63) is 100 Å². The molecule has 1 saturated heterocycles. The highest BCUT2D eigenvalue weighted by atomic mass is 16.5. The van der Waals surface area contributed by atoms with E-state index < -0.39 is 36.4 Å². The van der Waals surface area contributed by atoms with E-state index in [4.69, 9.17) is 4.74 Å². The fourth-order valence-electron chi connectivity index (χ4n) is 7.23. The van der Waals surface area contributed by atoms with Crippen molar-refractivity contribution in [3.63, 3.8) is 0 Å². The van der Waals surface area contributed by atoms with E-state index in [0.717, 1.165) is 39.8 Å². The maximum atomic E-state index is 14.1. The molecule has 0 unspecified atom stereocenters. The van der Waals surface area contributed by atoms with E-state index in [2.05, 4.69) is 29.6 Å². The molecule has 0 saturated carbocycles. The molecule has 2 bridgehead atoms. The maximum absolute atomic E-state index is 14.1. The van der Waals surface area contributed by atoms with Gasteiger partial charge in [-0.2, -0.15) is 0 Å². The second-order valence-electron chi connectivity index (χ2n) is 11.5. The van der Waals surface area contributed by atoms with Crippen LogP contribution in [-0.4, -0.2) is 41.2 Å². The summed E-state index contributed by atoms with van der Waals surface area (Å²) in [5.74, 6) is -3.47. The number of rotatable bonds is 8. The molecule has 7 rings (SSSR count). The lowest BCUT2D eigenvalue weighted by Gasteiger charge is -2.45. The lowest BCUT2D eigenvalue weighted by Crippen LogP contribution is -2.47. The predicted molar refractivity (Wildman–Crippen MR) is 154 cm³/mol. The molecule has 3 amide bonds. The number of esters is 1. The van der Waals surface area contributed by atoms with Gasteiger partial charge in [-0.05, 0) is 65.8 Å². The van der Waals surface area contributed by atoms with E-state index in [1.54, 1.807) is 0 Å². The van der Waals surface area contributed by atoms with Gasteiger partial charge in [-0.25, -0.2) is 4.79 Å². The molecular formula is C34H34N2O5. The number of nitrogens with one attached hydrogen (secondary N) is 1. The number of amides is 3. The van der Waals surface area contributed by atoms with Crippen LogP contribution in [0.25, 0.3) is 0 Å². The van der Waals surface area contributed by atoms with Crippen LogP contribution in [0.15, 0.2) is 66.7 Å². The Bertz CT molecular complexity index is 1430. The van der Waals surface area contributed by atoms with E-state index in [0.29, 0.717) is 18.5 Å². The molecule has 4 aliphatic rings. The predicted octanol–water partition coefficient (Wildman–Crippen LogP) is 5.24. The fraction of sp³-hybridized carbons (Fsp3) is 0.353. The lowest BCUT2D eigenvalue weighted by molar-refractivity contribution is -0.160. The summed E-state index contributed by atoms with van der Waals surface area (Å²) in [5.41, 5.74) is 6.94. The van der Waals surface area contributed by atoms with Crippen LogP contribution in [-0.2, 0) is 23.9 Å². The Morgan fingerprint density at radius 2 is 1.32 bits per heavy atom. The van der Waals surface area contributed by atoms with Crippen molar-refractivity contribution < 1.29 is 23.9 Å². The Morgan fingerprint density at radius 1 is 0.829 bits per heavy atom. The Kier molecular flexibility index (Phi) is 6.98. The third-order valence-electron chi connectivity index (χ3n) is 8.75. The zero-order valence-electron chi connectivity index (χ0n) is 23.6. The van der Waals surface area contributed by atoms with Crippen molar-refractivity contribution >= 4 is 29.4 Å². The molecule has 210 valence electrons. The van der Waals surface area contributed by atoms with Gasteiger partial charge in [0.2, 0.25) is 11.8 Å². The molecule has 3 atom stereocenters. The number of aryl methyl sites for hydroxylation is 2. The van der Waals surface area contributed by atoms with Gasteiger partial charge in [0.1, 0.15) is 6.04 Å². The third kappa shape index (κ3) is 4.53. The number of hydrogen-bond acceptors (Lipinski definition) is 5. The molecular weight excluding hydrogens is 516 g/mol. The van der Waals surface area contributed by atoms with Crippen LogP contribution < -0.4 is 5.32 Å². The van der Waals surface area contributed by atoms with Gasteiger partial charge in [0.25, 0.3) is 5.91 Å². The summed E-state index contributed by atoms with van der Waals surface area (Å²) >= 11 is 0. The molecule has 3 aromatic rings. The topological polar surface area (TPSA) is 92.8 Å². The van der Waals surface area contributed by atoms with Crippen LogP contribution in [0.2, 0.25) is 0 Å². The average Bonchev–Trinajstić information content (AvgIpc) is 3.22. The number of anilines is 1. The average molecular weight is 551 g/mol. The lowest BCUT2D eigenvalue weighted by atomic mass is 9.55. The number of likely N-dealkylation sites (tertiary alicyclic amines) is 1. The third-order valence-corrected chi connectivity index (χ3v) is 8.75. The van der Waals surface area contributed by atoms with Crippen LogP contribution in [0, 0.1) is 25.7 Å². The number of unbranched alkanes of at least 4 members (excludes halogenated alkanes) is 1. The minimum absolute atomic E-state index is 0.245. The molecule has 7 nitrogen and oxygen atoms in total. The van der Waals surface area contributed by atoms with Crippen LogP contribution in [0.5, 0.6) is 0 Å². The molecule has 1 N–H and O–H groups in total. The van der Waals surface area contributed by atoms with Gasteiger partial charge in [-0.1, -0.05) is 74.4 Å². The van der Waals surface area contributed by atoms with E-state index in [9.17, 15) is 19.2 Å². The zero-order chi connectivity index (χ0) is 28.8. The second-order valence-corrected chi connectivity index (χ2v) is 11.5. The standard InChI is InChI=1S/C34H34N2O5/c1-4-5-14-26(34(40)41-18-27(37)35-21-16-19(2)15-20(3)17-21)36-32(38)30-28-22-10-6-7-11-23(22)29(31(30)33(36)39)25-13-9-8-12-24(25)28/h6-13,15-17,26,28-31H,4-5,14,18H2,1-3H3,(H,35,37)/t26-,28?,29?,30-,31+/m0/s1. The first kappa shape index (κ1) is 26.9. The summed E-state index contributed by atoms with van der Waals surface area (Å²) < 4.78 is 5.45. The summed E-state index contributed by atoms with van der Waals surface area (Å²) in [6, 6.07) is 20.7. The van der Waals surface area contributed by atoms with Crippen molar-refractivity contribution in [3.8, 4) is 0 Å². The van der Waals surface area contributed by atoms with Crippen molar-refractivity contribution in [2.45, 2.75) is 57.9 Å². The number of carbonyl (C=O) groups excluding carboxylic acids is 4. The smallest absolute Gasteiger partial charge is 0.329 e. The maximum Gasteiger partial charge on any atom is 0.329 e. The van der Waals surface area contributed by atoms with Crippen LogP contribution >= 0.6 is 0 Å². The molecule has 1 heterocycles. The Hall–Kier alpha value is -4.26. The molecule has 0 spiro atoms. The number of benzene rings is 3. The Morgan fingerprint density at radius 3 is 1.78 bits per heavy atom. The highest BCUT2D eigenvalue weighted by Gasteiger charge is 2.63. The van der Waals surface area contributed by atoms with Crippen LogP contribution in [0.4, 0.5) is 5.69 Å². The summed E-state index contributed by atoms with van der Waals surface area (Å²) in [7, 11) is 0. The summed E-state index contributed by atoms with van der Waals surface area (Å²) in [6.07, 6.45) is 1.70. The molecule has 0 aromatic heterocycles. The van der Waals surface area contributed by atoms with Crippen LogP contribution in [0.3, 0.4) is 0 Å². The van der Waals surface area contributed by atoms with Gasteiger partial charge in [-0.3, -0.25) is 19.3 Å².